The van der Waals surface area contributed by atoms with E-state index in [0.29, 0.717) is 25.3 Å². The number of amides is 2. The Labute approximate surface area is 266 Å². The first-order valence-corrected chi connectivity index (χ1v) is 17.3. The smallest absolute Gasteiger partial charge is 0.410 e. The molecule has 12 heteroatoms. The van der Waals surface area contributed by atoms with Gasteiger partial charge >= 0.3 is 12.2 Å². The maximum absolute atomic E-state index is 13.4. The summed E-state index contributed by atoms with van der Waals surface area (Å²) in [6, 6.07) is 6.11. The van der Waals surface area contributed by atoms with Crippen LogP contribution >= 0.6 is 11.8 Å². The van der Waals surface area contributed by atoms with Gasteiger partial charge < -0.3 is 19.7 Å². The van der Waals surface area contributed by atoms with Crippen molar-refractivity contribution in [1.29, 1.82) is 0 Å². The largest absolute Gasteiger partial charge is 0.444 e. The van der Waals surface area contributed by atoms with Crippen molar-refractivity contribution in [2.75, 3.05) is 25.4 Å². The zero-order valence-corrected chi connectivity index (χ0v) is 28.4. The monoisotopic (exact) mass is 646 g/mol. The number of allylic oxidation sites excluding steroid dienone is 3. The molecule has 0 fully saturated rings. The van der Waals surface area contributed by atoms with E-state index in [0.717, 1.165) is 28.6 Å². The molecule has 0 saturated carbocycles. The maximum atomic E-state index is 13.4. The molecule has 1 aliphatic carbocycles. The molecule has 1 heterocycles. The highest BCUT2D eigenvalue weighted by molar-refractivity contribution is 7.99. The van der Waals surface area contributed by atoms with E-state index in [1.54, 1.807) is 63.1 Å². The van der Waals surface area contributed by atoms with Crippen molar-refractivity contribution in [1.82, 2.24) is 19.9 Å². The molecule has 0 aliphatic heterocycles. The third-order valence-corrected chi connectivity index (χ3v) is 8.92. The fourth-order valence-corrected chi connectivity index (χ4v) is 6.59. The third kappa shape index (κ3) is 11.8. The molecule has 10 nitrogen and oxygen atoms in total. The third-order valence-electron chi connectivity index (χ3n) is 6.32. The molecule has 2 N–H and O–H groups in total. The lowest BCUT2D eigenvalue weighted by Crippen LogP contribution is -2.46. The minimum atomic E-state index is -3.89. The minimum Gasteiger partial charge on any atom is -0.444 e. The van der Waals surface area contributed by atoms with Gasteiger partial charge in [-0.2, -0.15) is 0 Å². The maximum Gasteiger partial charge on any atom is 0.410 e. The Bertz CT molecular complexity index is 1480. The highest BCUT2D eigenvalue weighted by Gasteiger charge is 2.26. The Morgan fingerprint density at radius 1 is 1.09 bits per heavy atom. The number of rotatable bonds is 12. The van der Waals surface area contributed by atoms with Crippen LogP contribution in [0.25, 0.3) is 10.8 Å². The van der Waals surface area contributed by atoms with Crippen molar-refractivity contribution in [2.45, 2.75) is 94.9 Å². The van der Waals surface area contributed by atoms with E-state index in [9.17, 15) is 18.0 Å². The summed E-state index contributed by atoms with van der Waals surface area (Å²) in [7, 11) is -3.89. The Balaban J connectivity index is 1.65. The van der Waals surface area contributed by atoms with Crippen LogP contribution in [-0.4, -0.2) is 73.1 Å². The van der Waals surface area contributed by atoms with E-state index in [1.165, 1.54) is 17.3 Å². The molecule has 1 aromatic carbocycles. The van der Waals surface area contributed by atoms with Crippen molar-refractivity contribution in [2.24, 2.45) is 0 Å². The molecule has 242 valence electrons. The Hall–Kier alpha value is -3.09. The van der Waals surface area contributed by atoms with E-state index in [2.05, 4.69) is 27.2 Å². The molecule has 1 aliphatic rings. The number of nitrogens with one attached hydrogen (secondary N) is 2. The predicted molar refractivity (Wildman–Crippen MR) is 175 cm³/mol. The van der Waals surface area contributed by atoms with E-state index in [4.69, 9.17) is 9.47 Å². The van der Waals surface area contributed by atoms with Gasteiger partial charge in [-0.25, -0.2) is 27.7 Å². The number of thioether (sulfide) groups is 1. The summed E-state index contributed by atoms with van der Waals surface area (Å²) in [5.41, 5.74) is 0.00868. The second-order valence-corrected chi connectivity index (χ2v) is 15.6. The molecule has 0 radical (unpaired) electrons. The number of pyridine rings is 1. The van der Waals surface area contributed by atoms with Gasteiger partial charge in [-0.15, -0.1) is 11.8 Å². The quantitative estimate of drug-likeness (QED) is 0.200. The summed E-state index contributed by atoms with van der Waals surface area (Å²) in [6.45, 7) is 13.6. The Morgan fingerprint density at radius 3 is 2.48 bits per heavy atom. The number of benzene rings is 1. The number of hydrogen-bond donors (Lipinski definition) is 2. The normalized spacial score (nSPS) is 14.6. The zero-order valence-electron chi connectivity index (χ0n) is 26.8. The number of fused-ring (bicyclic) bond motifs is 1. The molecular formula is C32H46N4O6S2. The van der Waals surface area contributed by atoms with Gasteiger partial charge in [0.05, 0.1) is 4.90 Å². The highest BCUT2D eigenvalue weighted by Crippen LogP contribution is 2.28. The molecule has 2 aromatic rings. The zero-order chi connectivity index (χ0) is 32.5. The van der Waals surface area contributed by atoms with Crippen LogP contribution in [0.1, 0.15) is 67.7 Å². The lowest BCUT2D eigenvalue weighted by Gasteiger charge is -2.30. The SMILES string of the molecule is C[C@H](CN(CCC1=CC=CCC1)C(=O)OC(C)(C)C)NS(=O)(=O)c1ccc2c(SCCNC(=O)OC(C)(C)C)nccc2c1. The Morgan fingerprint density at radius 2 is 1.82 bits per heavy atom. The first kappa shape index (κ1) is 35.4. The summed E-state index contributed by atoms with van der Waals surface area (Å²) in [6.07, 6.45) is 9.51. The van der Waals surface area contributed by atoms with Crippen LogP contribution in [0.4, 0.5) is 9.59 Å². The van der Waals surface area contributed by atoms with Gasteiger partial charge in [-0.3, -0.25) is 0 Å². The highest BCUT2D eigenvalue weighted by atomic mass is 32.2. The van der Waals surface area contributed by atoms with Gasteiger partial charge in [0.25, 0.3) is 0 Å². The van der Waals surface area contributed by atoms with Crippen LogP contribution in [0.3, 0.4) is 0 Å². The van der Waals surface area contributed by atoms with Crippen LogP contribution in [0.2, 0.25) is 0 Å². The molecule has 1 atom stereocenters. The first-order chi connectivity index (χ1) is 20.5. The molecule has 44 heavy (non-hydrogen) atoms. The first-order valence-electron chi connectivity index (χ1n) is 14.9. The van der Waals surface area contributed by atoms with Crippen molar-refractivity contribution in [3.05, 3.63) is 54.3 Å². The lowest BCUT2D eigenvalue weighted by molar-refractivity contribution is 0.0240. The van der Waals surface area contributed by atoms with E-state index >= 15 is 0 Å². The van der Waals surface area contributed by atoms with Crippen LogP contribution in [0.15, 0.2) is 64.2 Å². The number of aromatic nitrogens is 1. The summed E-state index contributed by atoms with van der Waals surface area (Å²) < 4.78 is 40.4. The van der Waals surface area contributed by atoms with Crippen molar-refractivity contribution in [3.8, 4) is 0 Å². The molecule has 1 aromatic heterocycles. The van der Waals surface area contributed by atoms with Crippen LogP contribution < -0.4 is 10.0 Å². The van der Waals surface area contributed by atoms with E-state index in [1.807, 2.05) is 26.8 Å². The topological polar surface area (TPSA) is 127 Å². The molecule has 2 amide bonds. The second-order valence-electron chi connectivity index (χ2n) is 12.8. The number of alkyl carbamates (subject to hydrolysis) is 1. The van der Waals surface area contributed by atoms with E-state index in [-0.39, 0.29) is 11.4 Å². The number of ether oxygens (including phenoxy) is 2. The standard InChI is InChI=1S/C32H46N4O6S2/c1-23(22-36(30(38)42-32(5,6)7)19-16-24-11-9-8-10-12-24)35-44(39,40)26-13-14-27-25(21-26)15-17-33-28(27)43-20-18-34-29(37)41-31(2,3)4/h8-9,11,13-15,17,21,23,35H,10,12,16,18-20,22H2,1-7H3,(H,34,37)/t23-/m1/s1. The number of nitrogens with zero attached hydrogens (tertiary/aromatic N) is 2. The van der Waals surface area contributed by atoms with Crippen molar-refractivity contribution < 1.29 is 27.5 Å². The fraction of sp³-hybridized carbons (Fsp3) is 0.531. The summed E-state index contributed by atoms with van der Waals surface area (Å²) in [5, 5.41) is 4.99. The van der Waals surface area contributed by atoms with Gasteiger partial charge in [0.15, 0.2) is 0 Å². The number of sulfonamides is 1. The summed E-state index contributed by atoms with van der Waals surface area (Å²) >= 11 is 1.46. The summed E-state index contributed by atoms with van der Waals surface area (Å²) in [5.74, 6) is 0.562. The van der Waals surface area contributed by atoms with Crippen LogP contribution in [0.5, 0.6) is 0 Å². The number of carbonyl (C=O) groups excluding carboxylic acids is 2. The second kappa shape index (κ2) is 15.3. The average Bonchev–Trinajstić information content (AvgIpc) is 2.91. The molecular weight excluding hydrogens is 601 g/mol. The Kier molecular flexibility index (Phi) is 12.3. The fourth-order valence-electron chi connectivity index (χ4n) is 4.45. The van der Waals surface area contributed by atoms with Crippen LogP contribution in [-0.2, 0) is 19.5 Å². The van der Waals surface area contributed by atoms with Crippen molar-refractivity contribution >= 4 is 44.7 Å². The molecule has 3 rings (SSSR count). The van der Waals surface area contributed by atoms with Gasteiger partial charge in [0.1, 0.15) is 16.2 Å². The van der Waals surface area contributed by atoms with Gasteiger partial charge in [0, 0.05) is 43.0 Å². The molecule has 0 unspecified atom stereocenters. The minimum absolute atomic E-state index is 0.119. The average molecular weight is 647 g/mol. The predicted octanol–water partition coefficient (Wildman–Crippen LogP) is 6.42. The van der Waals surface area contributed by atoms with Gasteiger partial charge in [-0.1, -0.05) is 29.9 Å². The van der Waals surface area contributed by atoms with Gasteiger partial charge in [-0.05, 0) is 91.3 Å². The van der Waals surface area contributed by atoms with Crippen molar-refractivity contribution in [3.63, 3.8) is 0 Å². The molecule has 0 spiro atoms. The lowest BCUT2D eigenvalue weighted by atomic mass is 10.0. The van der Waals surface area contributed by atoms with Crippen LogP contribution in [0, 0.1) is 0 Å². The number of carbonyl (C=O) groups is 2. The number of hydrogen-bond acceptors (Lipinski definition) is 8. The molecule has 0 saturated heterocycles. The molecule has 0 bridgehead atoms. The summed E-state index contributed by atoms with van der Waals surface area (Å²) in [4.78, 5) is 31.0. The van der Waals surface area contributed by atoms with E-state index < -0.39 is 39.5 Å². The van der Waals surface area contributed by atoms with Gasteiger partial charge in [0.2, 0.25) is 10.0 Å².